The second-order valence-corrected chi connectivity index (χ2v) is 5.31. The molecule has 1 aromatic rings. The predicted molar refractivity (Wildman–Crippen MR) is 72.5 cm³/mol. The molecule has 0 unspecified atom stereocenters. The van der Waals surface area contributed by atoms with Crippen molar-refractivity contribution in [1.82, 2.24) is 9.55 Å². The van der Waals surface area contributed by atoms with E-state index in [1.165, 1.54) is 38.8 Å². The number of ketones is 1. The molecule has 5 nitrogen and oxygen atoms in total. The van der Waals surface area contributed by atoms with Crippen molar-refractivity contribution >= 4 is 5.78 Å². The van der Waals surface area contributed by atoms with Crippen LogP contribution >= 0.6 is 0 Å². The molecule has 2 rings (SSSR count). The number of rotatable bonds is 5. The van der Waals surface area contributed by atoms with Gasteiger partial charge in [-0.05, 0) is 25.7 Å². The summed E-state index contributed by atoms with van der Waals surface area (Å²) >= 11 is 0. The van der Waals surface area contributed by atoms with Gasteiger partial charge in [-0.2, -0.15) is 0 Å². The molecule has 0 aromatic carbocycles. The lowest BCUT2D eigenvalue weighted by Crippen LogP contribution is -2.37. The van der Waals surface area contributed by atoms with Gasteiger partial charge in [0, 0.05) is 12.7 Å². The summed E-state index contributed by atoms with van der Waals surface area (Å²) in [5.41, 5.74) is -0.843. The Balaban J connectivity index is 2.06. The predicted octanol–water partition coefficient (Wildman–Crippen LogP) is 1.71. The highest BCUT2D eigenvalue weighted by molar-refractivity contribution is 5.93. The molecule has 0 spiro atoms. The lowest BCUT2D eigenvalue weighted by molar-refractivity contribution is 0.101. The minimum atomic E-state index is -0.470. The minimum Gasteiger partial charge on any atom is -0.313 e. The van der Waals surface area contributed by atoms with Crippen LogP contribution in [0.2, 0.25) is 0 Å². The molecule has 104 valence electrons. The van der Waals surface area contributed by atoms with Gasteiger partial charge in [-0.25, -0.2) is 4.79 Å². The Labute approximate surface area is 111 Å². The third-order valence-corrected chi connectivity index (χ3v) is 3.91. The normalized spacial score (nSPS) is 15.8. The molecule has 1 heterocycles. The third-order valence-electron chi connectivity index (χ3n) is 3.91. The van der Waals surface area contributed by atoms with Gasteiger partial charge in [-0.3, -0.25) is 14.2 Å². The molecule has 1 N–H and O–H groups in total. The van der Waals surface area contributed by atoms with Crippen molar-refractivity contribution in [2.24, 2.45) is 5.92 Å². The highest BCUT2D eigenvalue weighted by Crippen LogP contribution is 2.28. The molecule has 5 heteroatoms. The average molecular weight is 264 g/mol. The second kappa shape index (κ2) is 5.99. The van der Waals surface area contributed by atoms with Crippen LogP contribution in [0.1, 0.15) is 55.8 Å². The summed E-state index contributed by atoms with van der Waals surface area (Å²) in [5.74, 6) is 0.427. The Morgan fingerprint density at radius 2 is 2.05 bits per heavy atom. The van der Waals surface area contributed by atoms with Crippen LogP contribution < -0.4 is 11.2 Å². The van der Waals surface area contributed by atoms with Gasteiger partial charge in [0.2, 0.25) is 0 Å². The Hall–Kier alpha value is -1.65. The number of carbonyl (C=O) groups is 1. The molecule has 1 aliphatic carbocycles. The van der Waals surface area contributed by atoms with Crippen molar-refractivity contribution in [3.63, 3.8) is 0 Å². The Morgan fingerprint density at radius 1 is 1.37 bits per heavy atom. The number of nitrogens with zero attached hydrogens (tertiary/aromatic N) is 1. The third kappa shape index (κ3) is 3.22. The smallest absolute Gasteiger partial charge is 0.313 e. The van der Waals surface area contributed by atoms with E-state index in [0.717, 1.165) is 23.3 Å². The van der Waals surface area contributed by atoms with Gasteiger partial charge in [-0.15, -0.1) is 0 Å². The number of nitrogens with one attached hydrogen (secondary N) is 1. The fourth-order valence-electron chi connectivity index (χ4n) is 2.80. The number of Topliss-reactive ketones (excluding diaryl/α,β-unsaturated/α-hetero) is 1. The first kappa shape index (κ1) is 13.8. The minimum absolute atomic E-state index is 0.0560. The average Bonchev–Trinajstić information content (AvgIpc) is 2.86. The first-order valence-corrected chi connectivity index (χ1v) is 6.93. The van der Waals surface area contributed by atoms with Gasteiger partial charge in [0.25, 0.3) is 5.56 Å². The second-order valence-electron chi connectivity index (χ2n) is 5.31. The van der Waals surface area contributed by atoms with Crippen LogP contribution in [0, 0.1) is 5.92 Å². The zero-order valence-corrected chi connectivity index (χ0v) is 11.3. The van der Waals surface area contributed by atoms with Crippen molar-refractivity contribution in [3.05, 3.63) is 32.6 Å². The zero-order valence-electron chi connectivity index (χ0n) is 11.3. The maximum atomic E-state index is 12.0. The van der Waals surface area contributed by atoms with Gasteiger partial charge in [0.15, 0.2) is 5.78 Å². The highest BCUT2D eigenvalue weighted by Gasteiger charge is 2.15. The van der Waals surface area contributed by atoms with E-state index in [4.69, 9.17) is 0 Å². The molecule has 0 radical (unpaired) electrons. The van der Waals surface area contributed by atoms with Crippen LogP contribution in [-0.2, 0) is 6.54 Å². The summed E-state index contributed by atoms with van der Waals surface area (Å²) in [6.45, 7) is 1.73. The van der Waals surface area contributed by atoms with E-state index in [2.05, 4.69) is 4.98 Å². The molecule has 1 saturated carbocycles. The monoisotopic (exact) mass is 264 g/mol. The van der Waals surface area contributed by atoms with Crippen LogP contribution in [0.15, 0.2) is 15.8 Å². The Bertz CT molecular complexity index is 565. The summed E-state index contributed by atoms with van der Waals surface area (Å²) in [6, 6.07) is 0. The number of hydrogen-bond donors (Lipinski definition) is 1. The van der Waals surface area contributed by atoms with Crippen molar-refractivity contribution in [2.45, 2.75) is 52.0 Å². The first-order valence-electron chi connectivity index (χ1n) is 6.93. The number of aromatic amines is 1. The van der Waals surface area contributed by atoms with E-state index < -0.39 is 11.2 Å². The SMILES string of the molecule is CC(=O)c1c[nH]c(=O)n(CCCC2CCCC2)c1=O. The number of aromatic nitrogens is 2. The number of H-pyrrole nitrogens is 1. The van der Waals surface area contributed by atoms with E-state index in [1.807, 2.05) is 0 Å². The quantitative estimate of drug-likeness (QED) is 0.823. The fourth-order valence-corrected chi connectivity index (χ4v) is 2.80. The lowest BCUT2D eigenvalue weighted by Gasteiger charge is -2.09. The van der Waals surface area contributed by atoms with E-state index in [-0.39, 0.29) is 11.3 Å². The standard InChI is InChI=1S/C14H20N2O3/c1-10(17)12-9-15-14(19)16(13(12)18)8-4-7-11-5-2-3-6-11/h9,11H,2-8H2,1H3,(H,15,19). The van der Waals surface area contributed by atoms with Crippen LogP contribution in [-0.4, -0.2) is 15.3 Å². The van der Waals surface area contributed by atoms with Crippen molar-refractivity contribution in [3.8, 4) is 0 Å². The highest BCUT2D eigenvalue weighted by atomic mass is 16.2. The van der Waals surface area contributed by atoms with Crippen LogP contribution in [0.3, 0.4) is 0 Å². The first-order chi connectivity index (χ1) is 9.09. The van der Waals surface area contributed by atoms with Crippen LogP contribution in [0.4, 0.5) is 0 Å². The van der Waals surface area contributed by atoms with E-state index >= 15 is 0 Å². The molecule has 0 saturated heterocycles. The van der Waals surface area contributed by atoms with Crippen LogP contribution in [0.25, 0.3) is 0 Å². The molecular formula is C14H20N2O3. The molecule has 19 heavy (non-hydrogen) atoms. The van der Waals surface area contributed by atoms with Crippen molar-refractivity contribution < 1.29 is 4.79 Å². The molecule has 0 aliphatic heterocycles. The molecule has 1 aromatic heterocycles. The van der Waals surface area contributed by atoms with Gasteiger partial charge >= 0.3 is 5.69 Å². The maximum Gasteiger partial charge on any atom is 0.328 e. The molecule has 1 fully saturated rings. The van der Waals surface area contributed by atoms with Gasteiger partial charge in [0.1, 0.15) is 0 Å². The van der Waals surface area contributed by atoms with Gasteiger partial charge in [-0.1, -0.05) is 25.7 Å². The maximum absolute atomic E-state index is 12.0. The molecule has 1 aliphatic rings. The summed E-state index contributed by atoms with van der Waals surface area (Å²) in [5, 5.41) is 0. The largest absolute Gasteiger partial charge is 0.328 e. The zero-order chi connectivity index (χ0) is 13.8. The van der Waals surface area contributed by atoms with Crippen molar-refractivity contribution in [1.29, 1.82) is 0 Å². The number of carbonyl (C=O) groups excluding carboxylic acids is 1. The Morgan fingerprint density at radius 3 is 2.68 bits per heavy atom. The summed E-state index contributed by atoms with van der Waals surface area (Å²) in [6.07, 6.45) is 8.19. The van der Waals surface area contributed by atoms with E-state index in [1.54, 1.807) is 0 Å². The molecule has 0 bridgehead atoms. The van der Waals surface area contributed by atoms with E-state index in [0.29, 0.717) is 6.54 Å². The molecule has 0 atom stereocenters. The van der Waals surface area contributed by atoms with Crippen molar-refractivity contribution in [2.75, 3.05) is 0 Å². The van der Waals surface area contributed by atoms with Gasteiger partial charge in [0.05, 0.1) is 5.56 Å². The van der Waals surface area contributed by atoms with Crippen LogP contribution in [0.5, 0.6) is 0 Å². The topological polar surface area (TPSA) is 71.9 Å². The van der Waals surface area contributed by atoms with E-state index in [9.17, 15) is 14.4 Å². The van der Waals surface area contributed by atoms with Gasteiger partial charge < -0.3 is 4.98 Å². The number of hydrogen-bond acceptors (Lipinski definition) is 3. The lowest BCUT2D eigenvalue weighted by atomic mass is 10.0. The summed E-state index contributed by atoms with van der Waals surface area (Å²) in [7, 11) is 0. The summed E-state index contributed by atoms with van der Waals surface area (Å²) < 4.78 is 1.14. The molecule has 0 amide bonds. The summed E-state index contributed by atoms with van der Waals surface area (Å²) in [4.78, 5) is 37.4. The molecular weight excluding hydrogens is 244 g/mol. The fraction of sp³-hybridized carbons (Fsp3) is 0.643. The Kier molecular flexibility index (Phi) is 4.35.